The van der Waals surface area contributed by atoms with Crippen LogP contribution >= 0.6 is 0 Å². The van der Waals surface area contributed by atoms with E-state index in [0.717, 1.165) is 38.0 Å². The molecule has 1 aliphatic heterocycles. The number of carbonyl (C=O) groups is 1. The van der Waals surface area contributed by atoms with Gasteiger partial charge in [-0.15, -0.1) is 0 Å². The number of nitrogens with one attached hydrogen (secondary N) is 1. The Morgan fingerprint density at radius 2 is 1.92 bits per heavy atom. The van der Waals surface area contributed by atoms with E-state index < -0.39 is 0 Å². The molecule has 0 spiro atoms. The van der Waals surface area contributed by atoms with Gasteiger partial charge in [-0.3, -0.25) is 14.8 Å². The molecule has 3 rings (SSSR count). The number of carbonyl (C=O) groups excluding carboxylic acids is 1. The number of amides is 1. The first kappa shape index (κ1) is 16.7. The van der Waals surface area contributed by atoms with Crippen LogP contribution in [0, 0.1) is 0 Å². The molecule has 1 aromatic carbocycles. The van der Waals surface area contributed by atoms with Gasteiger partial charge < -0.3 is 4.90 Å². The van der Waals surface area contributed by atoms with Crippen LogP contribution in [0.15, 0.2) is 48.8 Å². The molecule has 5 nitrogen and oxygen atoms in total. The van der Waals surface area contributed by atoms with Crippen molar-refractivity contribution in [3.05, 3.63) is 54.4 Å². The van der Waals surface area contributed by atoms with Crippen molar-refractivity contribution >= 4 is 5.91 Å². The van der Waals surface area contributed by atoms with Gasteiger partial charge in [0.25, 0.3) is 0 Å². The lowest BCUT2D eigenvalue weighted by Gasteiger charge is -2.32. The Bertz CT molecular complexity index is 620. The van der Waals surface area contributed by atoms with Crippen molar-refractivity contribution in [3.63, 3.8) is 0 Å². The second-order valence-electron chi connectivity index (χ2n) is 6.53. The van der Waals surface area contributed by atoms with Gasteiger partial charge in [0, 0.05) is 31.5 Å². The van der Waals surface area contributed by atoms with Gasteiger partial charge in [-0.25, -0.2) is 0 Å². The predicted octanol–water partition coefficient (Wildman–Crippen LogP) is 2.62. The SMILES string of the molecule is C[C@H](Cn1cccn1)N[C@H](C(=O)N1CCCCC1)c1ccccc1. The van der Waals surface area contributed by atoms with Crippen LogP contribution in [0.4, 0.5) is 0 Å². The first-order valence-corrected chi connectivity index (χ1v) is 8.81. The summed E-state index contributed by atoms with van der Waals surface area (Å²) in [4.78, 5) is 15.1. The lowest BCUT2D eigenvalue weighted by Crippen LogP contribution is -2.46. The number of nitrogens with zero attached hydrogens (tertiary/aromatic N) is 3. The molecule has 2 aromatic rings. The summed E-state index contributed by atoms with van der Waals surface area (Å²) in [6, 6.07) is 11.8. The zero-order valence-corrected chi connectivity index (χ0v) is 14.3. The highest BCUT2D eigenvalue weighted by molar-refractivity contribution is 5.83. The third-order valence-electron chi connectivity index (χ3n) is 4.52. The summed E-state index contributed by atoms with van der Waals surface area (Å²) in [5.74, 6) is 0.188. The van der Waals surface area contributed by atoms with Crippen molar-refractivity contribution in [2.45, 2.75) is 44.8 Å². The van der Waals surface area contributed by atoms with Crippen LogP contribution in [0.3, 0.4) is 0 Å². The Morgan fingerprint density at radius 3 is 2.58 bits per heavy atom. The van der Waals surface area contributed by atoms with Crippen molar-refractivity contribution in [3.8, 4) is 0 Å². The van der Waals surface area contributed by atoms with E-state index in [2.05, 4.69) is 17.3 Å². The van der Waals surface area contributed by atoms with E-state index in [1.165, 1.54) is 6.42 Å². The van der Waals surface area contributed by atoms with Crippen molar-refractivity contribution in [1.29, 1.82) is 0 Å². The van der Waals surface area contributed by atoms with Crippen LogP contribution in [-0.4, -0.2) is 39.7 Å². The van der Waals surface area contributed by atoms with E-state index in [1.54, 1.807) is 6.20 Å². The van der Waals surface area contributed by atoms with Gasteiger partial charge in [0.15, 0.2) is 0 Å². The van der Waals surface area contributed by atoms with Crippen molar-refractivity contribution in [2.75, 3.05) is 13.1 Å². The zero-order valence-electron chi connectivity index (χ0n) is 14.3. The fraction of sp³-hybridized carbons (Fsp3) is 0.474. The Labute approximate surface area is 143 Å². The Morgan fingerprint density at radius 1 is 1.17 bits per heavy atom. The minimum atomic E-state index is -0.296. The molecule has 1 amide bonds. The predicted molar refractivity (Wildman–Crippen MR) is 94.4 cm³/mol. The van der Waals surface area contributed by atoms with Gasteiger partial charge in [0.2, 0.25) is 5.91 Å². The summed E-state index contributed by atoms with van der Waals surface area (Å²) in [5.41, 5.74) is 1.03. The van der Waals surface area contributed by atoms with Gasteiger partial charge in [-0.1, -0.05) is 30.3 Å². The summed E-state index contributed by atoms with van der Waals surface area (Å²) in [5, 5.41) is 7.77. The first-order valence-electron chi connectivity index (χ1n) is 8.81. The molecule has 0 radical (unpaired) electrons. The molecule has 0 bridgehead atoms. The third kappa shape index (κ3) is 4.23. The maximum Gasteiger partial charge on any atom is 0.244 e. The van der Waals surface area contributed by atoms with E-state index in [9.17, 15) is 4.79 Å². The number of aromatic nitrogens is 2. The average molecular weight is 326 g/mol. The molecule has 0 aliphatic carbocycles. The Hall–Kier alpha value is -2.14. The Balaban J connectivity index is 1.73. The number of hydrogen-bond acceptors (Lipinski definition) is 3. The largest absolute Gasteiger partial charge is 0.341 e. The van der Waals surface area contributed by atoms with E-state index in [1.807, 2.05) is 52.2 Å². The summed E-state index contributed by atoms with van der Waals surface area (Å²) in [6.07, 6.45) is 7.16. The fourth-order valence-corrected chi connectivity index (χ4v) is 3.28. The summed E-state index contributed by atoms with van der Waals surface area (Å²) >= 11 is 0. The molecule has 0 saturated carbocycles. The molecular weight excluding hydrogens is 300 g/mol. The quantitative estimate of drug-likeness (QED) is 0.888. The highest BCUT2D eigenvalue weighted by Gasteiger charge is 2.27. The van der Waals surface area contributed by atoms with Gasteiger partial charge in [-0.05, 0) is 37.8 Å². The summed E-state index contributed by atoms with van der Waals surface area (Å²) < 4.78 is 1.89. The fourth-order valence-electron chi connectivity index (χ4n) is 3.28. The molecule has 1 aliphatic rings. The molecule has 2 atom stereocenters. The highest BCUT2D eigenvalue weighted by atomic mass is 16.2. The number of piperidine rings is 1. The van der Waals surface area contributed by atoms with Crippen molar-refractivity contribution in [2.24, 2.45) is 0 Å². The van der Waals surface area contributed by atoms with Crippen LogP contribution in [0.5, 0.6) is 0 Å². The summed E-state index contributed by atoms with van der Waals surface area (Å²) in [7, 11) is 0. The van der Waals surface area contributed by atoms with Gasteiger partial charge >= 0.3 is 0 Å². The van der Waals surface area contributed by atoms with Crippen molar-refractivity contribution in [1.82, 2.24) is 20.0 Å². The van der Waals surface area contributed by atoms with E-state index in [-0.39, 0.29) is 18.0 Å². The van der Waals surface area contributed by atoms with Crippen LogP contribution in [-0.2, 0) is 11.3 Å². The monoisotopic (exact) mass is 326 g/mol. The standard InChI is InChI=1S/C19H26N4O/c1-16(15-23-14-8-11-20-23)21-18(17-9-4-2-5-10-17)19(24)22-12-6-3-7-13-22/h2,4-5,8-11,14,16,18,21H,3,6-7,12-13,15H2,1H3/t16-,18+/m1/s1. The lowest BCUT2D eigenvalue weighted by atomic mass is 10.0. The van der Waals surface area contributed by atoms with Crippen LogP contribution in [0.1, 0.15) is 37.8 Å². The number of likely N-dealkylation sites (tertiary alicyclic amines) is 1. The minimum absolute atomic E-state index is 0.142. The van der Waals surface area contributed by atoms with Crippen LogP contribution in [0.25, 0.3) is 0 Å². The molecule has 1 aromatic heterocycles. The number of rotatable bonds is 6. The second-order valence-corrected chi connectivity index (χ2v) is 6.53. The molecule has 2 heterocycles. The molecule has 1 saturated heterocycles. The molecule has 24 heavy (non-hydrogen) atoms. The normalized spacial score (nSPS) is 17.5. The highest BCUT2D eigenvalue weighted by Crippen LogP contribution is 2.20. The third-order valence-corrected chi connectivity index (χ3v) is 4.52. The molecule has 5 heteroatoms. The van der Waals surface area contributed by atoms with Gasteiger partial charge in [0.05, 0.1) is 6.54 Å². The molecule has 1 N–H and O–H groups in total. The number of benzene rings is 1. The van der Waals surface area contributed by atoms with Gasteiger partial charge in [0.1, 0.15) is 6.04 Å². The average Bonchev–Trinajstić information content (AvgIpc) is 3.13. The van der Waals surface area contributed by atoms with E-state index in [4.69, 9.17) is 0 Å². The van der Waals surface area contributed by atoms with Crippen LogP contribution in [0.2, 0.25) is 0 Å². The topological polar surface area (TPSA) is 50.2 Å². The molecular formula is C19H26N4O. The zero-order chi connectivity index (χ0) is 16.8. The van der Waals surface area contributed by atoms with Crippen LogP contribution < -0.4 is 5.32 Å². The Kier molecular flexibility index (Phi) is 5.64. The molecule has 1 fully saturated rings. The maximum atomic E-state index is 13.1. The summed E-state index contributed by atoms with van der Waals surface area (Å²) in [6.45, 7) is 4.58. The first-order chi connectivity index (χ1) is 11.7. The maximum absolute atomic E-state index is 13.1. The smallest absolute Gasteiger partial charge is 0.244 e. The molecule has 128 valence electrons. The van der Waals surface area contributed by atoms with Gasteiger partial charge in [-0.2, -0.15) is 5.10 Å². The van der Waals surface area contributed by atoms with E-state index in [0.29, 0.717) is 0 Å². The van der Waals surface area contributed by atoms with E-state index >= 15 is 0 Å². The molecule has 0 unspecified atom stereocenters. The lowest BCUT2D eigenvalue weighted by molar-refractivity contribution is -0.134. The second kappa shape index (κ2) is 8.11. The minimum Gasteiger partial charge on any atom is -0.341 e. The van der Waals surface area contributed by atoms with Crippen molar-refractivity contribution < 1.29 is 4.79 Å². The number of hydrogen-bond donors (Lipinski definition) is 1.